The molecule has 8 nitrogen and oxygen atoms in total. The number of aromatic nitrogens is 5. The van der Waals surface area contributed by atoms with Gasteiger partial charge in [0.15, 0.2) is 11.4 Å². The van der Waals surface area contributed by atoms with Crippen molar-refractivity contribution in [3.63, 3.8) is 0 Å². The summed E-state index contributed by atoms with van der Waals surface area (Å²) in [6.07, 6.45) is 0.0901. The Morgan fingerprint density at radius 1 is 1.22 bits per heavy atom. The van der Waals surface area contributed by atoms with Gasteiger partial charge in [-0.05, 0) is 51.0 Å². The van der Waals surface area contributed by atoms with E-state index in [1.807, 2.05) is 19.9 Å². The molecule has 1 aromatic carbocycles. The molecule has 4 aromatic rings. The number of rotatable bonds is 6. The zero-order chi connectivity index (χ0) is 25.6. The molecule has 1 fully saturated rings. The number of nitrogens with zero attached hydrogens (tertiary/aromatic N) is 5. The third-order valence-electron chi connectivity index (χ3n) is 6.57. The number of hydrogen-bond donors (Lipinski definition) is 0. The predicted molar refractivity (Wildman–Crippen MR) is 125 cm³/mol. The number of ketones is 1. The highest BCUT2D eigenvalue weighted by molar-refractivity contribution is 5.97. The highest BCUT2D eigenvalue weighted by atomic mass is 19.4. The molecule has 3 aromatic heterocycles. The van der Waals surface area contributed by atoms with E-state index < -0.39 is 17.3 Å². The Morgan fingerprint density at radius 2 is 2.03 bits per heavy atom. The van der Waals surface area contributed by atoms with Crippen molar-refractivity contribution in [2.24, 2.45) is 0 Å². The lowest BCUT2D eigenvalue weighted by Gasteiger charge is -2.14. The third kappa shape index (κ3) is 4.34. The smallest absolute Gasteiger partial charge is 0.376 e. The first-order valence-electron chi connectivity index (χ1n) is 11.6. The first kappa shape index (κ1) is 24.0. The molecule has 4 heterocycles. The summed E-state index contributed by atoms with van der Waals surface area (Å²) in [5.74, 6) is -0.241. The van der Waals surface area contributed by atoms with E-state index in [9.17, 15) is 22.8 Å². The average molecular weight is 499 g/mol. The third-order valence-corrected chi connectivity index (χ3v) is 6.57. The normalized spacial score (nSPS) is 16.2. The van der Waals surface area contributed by atoms with Gasteiger partial charge in [0, 0.05) is 30.1 Å². The van der Waals surface area contributed by atoms with E-state index in [4.69, 9.17) is 4.74 Å². The summed E-state index contributed by atoms with van der Waals surface area (Å²) in [7, 11) is 0. The van der Waals surface area contributed by atoms with Crippen molar-refractivity contribution in [1.29, 1.82) is 0 Å². The number of Topliss-reactive ketones (excluding diaryl/α,β-unsaturated/α-hetero) is 1. The van der Waals surface area contributed by atoms with Gasteiger partial charge in [0.2, 0.25) is 0 Å². The second-order valence-corrected chi connectivity index (χ2v) is 8.97. The molecule has 1 aliphatic heterocycles. The molecular weight excluding hydrogens is 475 g/mol. The molecule has 11 heteroatoms. The minimum absolute atomic E-state index is 0.103. The number of alkyl halides is 3. The second kappa shape index (κ2) is 9.05. The monoisotopic (exact) mass is 499 g/mol. The summed E-state index contributed by atoms with van der Waals surface area (Å²) < 4.78 is 49.5. The molecule has 0 spiro atoms. The number of carbonyl (C=O) groups is 1. The van der Waals surface area contributed by atoms with Gasteiger partial charge in [0.1, 0.15) is 11.7 Å². The van der Waals surface area contributed by atoms with Crippen molar-refractivity contribution in [3.8, 4) is 5.69 Å². The largest absolute Gasteiger partial charge is 0.416 e. The molecule has 0 aliphatic carbocycles. The van der Waals surface area contributed by atoms with Crippen molar-refractivity contribution >= 4 is 16.8 Å². The molecule has 0 N–H and O–H groups in total. The van der Waals surface area contributed by atoms with Crippen LogP contribution in [0.5, 0.6) is 0 Å². The van der Waals surface area contributed by atoms with Gasteiger partial charge in [-0.15, -0.1) is 0 Å². The number of ether oxygens (including phenoxy) is 1. The van der Waals surface area contributed by atoms with Gasteiger partial charge in [0.05, 0.1) is 30.1 Å². The molecule has 1 saturated heterocycles. The Balaban J connectivity index is 1.42. The van der Waals surface area contributed by atoms with E-state index in [-0.39, 0.29) is 35.2 Å². The second-order valence-electron chi connectivity index (χ2n) is 8.97. The van der Waals surface area contributed by atoms with Crippen molar-refractivity contribution in [2.45, 2.75) is 52.1 Å². The Labute approximate surface area is 203 Å². The summed E-state index contributed by atoms with van der Waals surface area (Å²) in [5.41, 5.74) is 1.18. The van der Waals surface area contributed by atoms with E-state index in [0.717, 1.165) is 43.0 Å². The van der Waals surface area contributed by atoms with Gasteiger partial charge in [-0.25, -0.2) is 9.67 Å². The maximum atomic E-state index is 13.1. The molecule has 5 rings (SSSR count). The minimum atomic E-state index is -4.51. The molecule has 188 valence electrons. The molecule has 1 aliphatic rings. The van der Waals surface area contributed by atoms with E-state index >= 15 is 0 Å². The fourth-order valence-corrected chi connectivity index (χ4v) is 4.66. The maximum absolute atomic E-state index is 13.1. The SMILES string of the molecule is Cc1cc(C(=O)Cn2cnc3c(cnn3-c3cccc(C(F)(F)F)c3)c2=O)c(C)n1CC1CCCO1. The number of hydrogen-bond acceptors (Lipinski definition) is 5. The topological polar surface area (TPSA) is 83.9 Å². The Morgan fingerprint density at radius 3 is 2.75 bits per heavy atom. The average Bonchev–Trinajstić information content (AvgIpc) is 3.57. The molecule has 0 saturated carbocycles. The highest BCUT2D eigenvalue weighted by Crippen LogP contribution is 2.30. The minimum Gasteiger partial charge on any atom is -0.376 e. The molecule has 0 amide bonds. The van der Waals surface area contributed by atoms with E-state index in [0.29, 0.717) is 12.1 Å². The zero-order valence-electron chi connectivity index (χ0n) is 19.7. The van der Waals surface area contributed by atoms with Crippen molar-refractivity contribution in [2.75, 3.05) is 6.61 Å². The Bertz CT molecular complexity index is 1510. The molecule has 0 radical (unpaired) electrons. The molecule has 1 atom stereocenters. The Kier molecular flexibility index (Phi) is 6.03. The lowest BCUT2D eigenvalue weighted by Crippen LogP contribution is -2.25. The van der Waals surface area contributed by atoms with E-state index in [1.165, 1.54) is 33.9 Å². The van der Waals surface area contributed by atoms with Crippen LogP contribution in [0, 0.1) is 13.8 Å². The van der Waals surface area contributed by atoms with Crippen LogP contribution >= 0.6 is 0 Å². The van der Waals surface area contributed by atoms with Gasteiger partial charge in [-0.3, -0.25) is 14.2 Å². The predicted octanol–water partition coefficient (Wildman–Crippen LogP) is 4.08. The van der Waals surface area contributed by atoms with Crippen LogP contribution in [0.4, 0.5) is 13.2 Å². The summed E-state index contributed by atoms with van der Waals surface area (Å²) in [6.45, 7) is 5.01. The summed E-state index contributed by atoms with van der Waals surface area (Å²) >= 11 is 0. The van der Waals surface area contributed by atoms with E-state index in [1.54, 1.807) is 0 Å². The number of aryl methyl sites for hydroxylation is 1. The Hall–Kier alpha value is -3.73. The molecule has 0 bridgehead atoms. The lowest BCUT2D eigenvalue weighted by atomic mass is 10.1. The van der Waals surface area contributed by atoms with Gasteiger partial charge < -0.3 is 9.30 Å². The van der Waals surface area contributed by atoms with Crippen LogP contribution in [0.2, 0.25) is 0 Å². The van der Waals surface area contributed by atoms with Gasteiger partial charge in [-0.1, -0.05) is 6.07 Å². The fraction of sp³-hybridized carbons (Fsp3) is 0.360. The summed E-state index contributed by atoms with van der Waals surface area (Å²) in [5, 5.41) is 4.18. The number of fused-ring (bicyclic) bond motifs is 1. The van der Waals surface area contributed by atoms with Crippen LogP contribution < -0.4 is 5.56 Å². The van der Waals surface area contributed by atoms with Crippen LogP contribution in [-0.4, -0.2) is 42.4 Å². The molecule has 1 unspecified atom stereocenters. The van der Waals surface area contributed by atoms with Crippen LogP contribution in [0.15, 0.2) is 47.7 Å². The van der Waals surface area contributed by atoms with Crippen molar-refractivity contribution in [1.82, 2.24) is 23.9 Å². The van der Waals surface area contributed by atoms with Gasteiger partial charge in [0.25, 0.3) is 5.56 Å². The van der Waals surface area contributed by atoms with Crippen LogP contribution in [0.25, 0.3) is 16.7 Å². The number of benzene rings is 1. The van der Waals surface area contributed by atoms with Gasteiger partial charge in [-0.2, -0.15) is 18.3 Å². The van der Waals surface area contributed by atoms with Gasteiger partial charge >= 0.3 is 6.18 Å². The van der Waals surface area contributed by atoms with Crippen LogP contribution in [-0.2, 0) is 24.0 Å². The highest BCUT2D eigenvalue weighted by Gasteiger charge is 2.31. The quantitative estimate of drug-likeness (QED) is 0.374. The molecule has 36 heavy (non-hydrogen) atoms. The standard InChI is InChI=1S/C25H24F3N5O3/c1-15-9-20(16(2)32(15)12-19-7-4-8-36-19)22(34)13-31-14-29-23-21(24(31)35)11-30-33(23)18-6-3-5-17(10-18)25(26,27)28/h3,5-6,9-11,14,19H,4,7-8,12-13H2,1-2H3. The van der Waals surface area contributed by atoms with E-state index in [2.05, 4.69) is 14.6 Å². The first-order chi connectivity index (χ1) is 17.1. The van der Waals surface area contributed by atoms with Crippen molar-refractivity contribution < 1.29 is 22.7 Å². The number of halogens is 3. The molecular formula is C25H24F3N5O3. The summed E-state index contributed by atoms with van der Waals surface area (Å²) in [4.78, 5) is 30.4. The van der Waals surface area contributed by atoms with Crippen molar-refractivity contribution in [3.05, 3.63) is 75.7 Å². The van der Waals surface area contributed by atoms with Crippen LogP contribution in [0.3, 0.4) is 0 Å². The first-order valence-corrected chi connectivity index (χ1v) is 11.6. The van der Waals surface area contributed by atoms with Crippen LogP contribution in [0.1, 0.15) is 40.2 Å². The zero-order valence-corrected chi connectivity index (χ0v) is 19.7. The number of carbonyl (C=O) groups excluding carboxylic acids is 1. The summed E-state index contributed by atoms with van der Waals surface area (Å²) in [6, 6.07) is 6.43. The lowest BCUT2D eigenvalue weighted by molar-refractivity contribution is -0.137. The fourth-order valence-electron chi connectivity index (χ4n) is 4.66. The maximum Gasteiger partial charge on any atom is 0.416 e.